The van der Waals surface area contributed by atoms with E-state index in [9.17, 15) is 0 Å². The van der Waals surface area contributed by atoms with Crippen molar-refractivity contribution in [1.82, 2.24) is 0 Å². The highest BCUT2D eigenvalue weighted by atomic mass is 32.2. The van der Waals surface area contributed by atoms with Crippen LogP contribution in [-0.4, -0.2) is 30.0 Å². The van der Waals surface area contributed by atoms with Crippen molar-refractivity contribution in [1.29, 1.82) is 0 Å². The first kappa shape index (κ1) is 11.6. The van der Waals surface area contributed by atoms with Gasteiger partial charge in [-0.05, 0) is 17.7 Å². The van der Waals surface area contributed by atoms with Gasteiger partial charge in [0.15, 0.2) is 11.5 Å². The fraction of sp³-hybridized carbons (Fsp3) is 0.455. The third kappa shape index (κ3) is 2.61. The maximum atomic E-state index is 8.68. The molecule has 88 valence electrons. The summed E-state index contributed by atoms with van der Waals surface area (Å²) in [5.41, 5.74) is 7.07. The van der Waals surface area contributed by atoms with E-state index in [4.69, 9.17) is 20.3 Å². The third-order valence-electron chi connectivity index (χ3n) is 2.36. The van der Waals surface area contributed by atoms with E-state index in [1.165, 1.54) is 0 Å². The minimum atomic E-state index is -0.0361. The number of fused-ring (bicyclic) bond motifs is 1. The standard InChI is InChI=1S/C11H15NO3S/c12-9(6-16-4-3-13)8-1-2-10-11(5-8)15-7-14-10/h1-2,5,9,13H,3-4,6-7,12H2. The number of aliphatic hydroxyl groups is 1. The predicted octanol–water partition coefficient (Wildman–Crippen LogP) is 1.14. The normalized spacial score (nSPS) is 15.1. The number of aliphatic hydroxyl groups excluding tert-OH is 1. The van der Waals surface area contributed by atoms with Crippen LogP contribution in [0.1, 0.15) is 11.6 Å². The Kier molecular flexibility index (Phi) is 3.93. The summed E-state index contributed by atoms with van der Waals surface area (Å²) >= 11 is 1.64. The quantitative estimate of drug-likeness (QED) is 0.757. The Bertz CT molecular complexity index is 359. The van der Waals surface area contributed by atoms with E-state index in [0.717, 1.165) is 28.6 Å². The minimum absolute atomic E-state index is 0.0361. The Morgan fingerprint density at radius 1 is 1.38 bits per heavy atom. The molecule has 0 amide bonds. The molecule has 3 N–H and O–H groups in total. The molecule has 0 bridgehead atoms. The largest absolute Gasteiger partial charge is 0.454 e. The zero-order valence-corrected chi connectivity index (χ0v) is 9.70. The van der Waals surface area contributed by atoms with Crippen molar-refractivity contribution in [3.05, 3.63) is 23.8 Å². The maximum Gasteiger partial charge on any atom is 0.231 e. The van der Waals surface area contributed by atoms with Crippen LogP contribution < -0.4 is 15.2 Å². The van der Waals surface area contributed by atoms with Crippen LogP contribution in [0.2, 0.25) is 0 Å². The summed E-state index contributed by atoms with van der Waals surface area (Å²) in [5, 5.41) is 8.68. The fourth-order valence-corrected chi connectivity index (χ4v) is 2.26. The van der Waals surface area contributed by atoms with E-state index >= 15 is 0 Å². The summed E-state index contributed by atoms with van der Waals surface area (Å²) in [6.45, 7) is 0.478. The molecule has 0 saturated heterocycles. The molecular weight excluding hydrogens is 226 g/mol. The van der Waals surface area contributed by atoms with Gasteiger partial charge < -0.3 is 20.3 Å². The Morgan fingerprint density at radius 2 is 2.19 bits per heavy atom. The first-order chi connectivity index (χ1) is 7.81. The van der Waals surface area contributed by atoms with Crippen LogP contribution in [-0.2, 0) is 0 Å². The number of rotatable bonds is 5. The molecule has 0 radical (unpaired) electrons. The summed E-state index contributed by atoms with van der Waals surface area (Å²) in [5.74, 6) is 3.05. The number of hydrogen-bond donors (Lipinski definition) is 2. The molecule has 0 aromatic heterocycles. The van der Waals surface area contributed by atoms with Crippen LogP contribution in [0.15, 0.2) is 18.2 Å². The van der Waals surface area contributed by atoms with Gasteiger partial charge in [-0.1, -0.05) is 6.07 Å². The van der Waals surface area contributed by atoms with Crippen molar-refractivity contribution in [2.45, 2.75) is 6.04 Å². The molecular formula is C11H15NO3S. The van der Waals surface area contributed by atoms with Crippen molar-refractivity contribution >= 4 is 11.8 Å². The second-order valence-corrected chi connectivity index (χ2v) is 4.67. The third-order valence-corrected chi connectivity index (χ3v) is 3.42. The Balaban J connectivity index is 1.98. The Morgan fingerprint density at radius 3 is 3.00 bits per heavy atom. The molecule has 0 spiro atoms. The molecule has 1 aromatic carbocycles. The Labute approximate surface area is 98.7 Å². The highest BCUT2D eigenvalue weighted by Crippen LogP contribution is 2.34. The first-order valence-corrected chi connectivity index (χ1v) is 6.30. The molecule has 1 atom stereocenters. The topological polar surface area (TPSA) is 64.7 Å². The van der Waals surface area contributed by atoms with Gasteiger partial charge in [-0.2, -0.15) is 11.8 Å². The van der Waals surface area contributed by atoms with Crippen molar-refractivity contribution in [2.75, 3.05) is 24.9 Å². The van der Waals surface area contributed by atoms with Crippen molar-refractivity contribution in [3.63, 3.8) is 0 Å². The van der Waals surface area contributed by atoms with Gasteiger partial charge in [0, 0.05) is 17.5 Å². The zero-order chi connectivity index (χ0) is 11.4. The molecule has 1 unspecified atom stereocenters. The van der Waals surface area contributed by atoms with Crippen LogP contribution >= 0.6 is 11.8 Å². The number of hydrogen-bond acceptors (Lipinski definition) is 5. The molecule has 0 fully saturated rings. The lowest BCUT2D eigenvalue weighted by Gasteiger charge is -2.11. The zero-order valence-electron chi connectivity index (χ0n) is 8.89. The molecule has 1 aliphatic rings. The maximum absolute atomic E-state index is 8.68. The molecule has 0 saturated carbocycles. The van der Waals surface area contributed by atoms with Crippen molar-refractivity contribution < 1.29 is 14.6 Å². The first-order valence-electron chi connectivity index (χ1n) is 5.15. The van der Waals surface area contributed by atoms with Crippen molar-refractivity contribution in [2.24, 2.45) is 5.73 Å². The van der Waals surface area contributed by atoms with Gasteiger partial charge in [-0.15, -0.1) is 0 Å². The molecule has 0 aliphatic carbocycles. The molecule has 5 heteroatoms. The number of ether oxygens (including phenoxy) is 2. The summed E-state index contributed by atoms with van der Waals surface area (Å²) in [6.07, 6.45) is 0. The average molecular weight is 241 g/mol. The molecule has 2 rings (SSSR count). The van der Waals surface area contributed by atoms with E-state index in [1.807, 2.05) is 18.2 Å². The lowest BCUT2D eigenvalue weighted by atomic mass is 10.1. The van der Waals surface area contributed by atoms with Crippen molar-refractivity contribution in [3.8, 4) is 11.5 Å². The number of nitrogens with two attached hydrogens (primary N) is 1. The molecule has 16 heavy (non-hydrogen) atoms. The van der Waals surface area contributed by atoms with Crippen LogP contribution in [0.3, 0.4) is 0 Å². The summed E-state index contributed by atoms with van der Waals surface area (Å²) in [7, 11) is 0. The van der Waals surface area contributed by atoms with Crippen LogP contribution in [0.4, 0.5) is 0 Å². The van der Waals surface area contributed by atoms with Gasteiger partial charge >= 0.3 is 0 Å². The molecule has 1 aliphatic heterocycles. The SMILES string of the molecule is NC(CSCCO)c1ccc2c(c1)OCO2. The second kappa shape index (κ2) is 5.43. The Hall–Kier alpha value is -0.910. The van der Waals surface area contributed by atoms with Crippen LogP contribution in [0, 0.1) is 0 Å². The summed E-state index contributed by atoms with van der Waals surface area (Å²) in [4.78, 5) is 0. The predicted molar refractivity (Wildman–Crippen MR) is 63.9 cm³/mol. The lowest BCUT2D eigenvalue weighted by Crippen LogP contribution is -2.13. The second-order valence-electron chi connectivity index (χ2n) is 3.52. The van der Waals surface area contributed by atoms with E-state index in [1.54, 1.807) is 11.8 Å². The van der Waals surface area contributed by atoms with Gasteiger partial charge in [-0.3, -0.25) is 0 Å². The monoisotopic (exact) mass is 241 g/mol. The molecule has 1 heterocycles. The van der Waals surface area contributed by atoms with Gasteiger partial charge in [0.05, 0.1) is 6.61 Å². The highest BCUT2D eigenvalue weighted by Gasteiger charge is 2.15. The molecule has 1 aromatic rings. The van der Waals surface area contributed by atoms with Crippen LogP contribution in [0.5, 0.6) is 11.5 Å². The number of benzene rings is 1. The van der Waals surface area contributed by atoms with E-state index in [-0.39, 0.29) is 19.4 Å². The highest BCUT2D eigenvalue weighted by molar-refractivity contribution is 7.99. The van der Waals surface area contributed by atoms with Gasteiger partial charge in [0.2, 0.25) is 6.79 Å². The summed E-state index contributed by atoms with van der Waals surface area (Å²) in [6, 6.07) is 5.73. The smallest absolute Gasteiger partial charge is 0.231 e. The lowest BCUT2D eigenvalue weighted by molar-refractivity contribution is 0.174. The van der Waals surface area contributed by atoms with Gasteiger partial charge in [0.25, 0.3) is 0 Å². The number of thioether (sulfide) groups is 1. The van der Waals surface area contributed by atoms with Gasteiger partial charge in [-0.25, -0.2) is 0 Å². The van der Waals surface area contributed by atoms with E-state index in [0.29, 0.717) is 0 Å². The van der Waals surface area contributed by atoms with E-state index < -0.39 is 0 Å². The van der Waals surface area contributed by atoms with Crippen LogP contribution in [0.25, 0.3) is 0 Å². The minimum Gasteiger partial charge on any atom is -0.454 e. The fourth-order valence-electron chi connectivity index (χ4n) is 1.51. The van der Waals surface area contributed by atoms with Gasteiger partial charge in [0.1, 0.15) is 0 Å². The summed E-state index contributed by atoms with van der Waals surface area (Å²) < 4.78 is 10.5. The van der Waals surface area contributed by atoms with E-state index in [2.05, 4.69) is 0 Å². The molecule has 4 nitrogen and oxygen atoms in total. The average Bonchev–Trinajstić information content (AvgIpc) is 2.76.